The first-order chi connectivity index (χ1) is 8.66. The van der Waals surface area contributed by atoms with Crippen LogP contribution in [-0.4, -0.2) is 9.55 Å². The third-order valence-electron chi connectivity index (χ3n) is 4.08. The summed E-state index contributed by atoms with van der Waals surface area (Å²) < 4.78 is 4.31. The first kappa shape index (κ1) is 12.4. The van der Waals surface area contributed by atoms with Gasteiger partial charge < -0.3 is 9.55 Å². The number of hydrogen-bond acceptors (Lipinski definition) is 1. The summed E-state index contributed by atoms with van der Waals surface area (Å²) in [4.78, 5) is 3.33. The molecule has 0 aliphatic heterocycles. The Morgan fingerprint density at radius 1 is 1.33 bits per heavy atom. The van der Waals surface area contributed by atoms with Crippen LogP contribution in [0.5, 0.6) is 0 Å². The summed E-state index contributed by atoms with van der Waals surface area (Å²) in [5, 5.41) is 0. The van der Waals surface area contributed by atoms with Crippen molar-refractivity contribution >= 4 is 39.2 Å². The summed E-state index contributed by atoms with van der Waals surface area (Å²) in [7, 11) is 0. The average Bonchev–Trinajstić information content (AvgIpc) is 2.66. The van der Waals surface area contributed by atoms with E-state index < -0.39 is 0 Å². The quantitative estimate of drug-likeness (QED) is 0.714. The van der Waals surface area contributed by atoms with Crippen molar-refractivity contribution < 1.29 is 0 Å². The first-order valence-electron chi connectivity index (χ1n) is 6.56. The normalized spacial score (nSPS) is 24.6. The molecule has 2 nitrogen and oxygen atoms in total. The Hall–Kier alpha value is -0.610. The molecule has 2 atom stereocenters. The minimum Gasteiger partial charge on any atom is -0.331 e. The van der Waals surface area contributed by atoms with Gasteiger partial charge in [0.1, 0.15) is 0 Å². The molecule has 0 amide bonds. The van der Waals surface area contributed by atoms with Crippen LogP contribution in [0.25, 0.3) is 11.0 Å². The topological polar surface area (TPSA) is 20.7 Å². The number of H-pyrrole nitrogens is 1. The lowest BCUT2D eigenvalue weighted by Gasteiger charge is -2.30. The minimum atomic E-state index is 0.550. The fraction of sp³-hybridized carbons (Fsp3) is 0.500. The van der Waals surface area contributed by atoms with E-state index in [0.29, 0.717) is 12.0 Å². The van der Waals surface area contributed by atoms with E-state index >= 15 is 0 Å². The fourth-order valence-electron chi connectivity index (χ4n) is 3.10. The van der Waals surface area contributed by atoms with Crippen LogP contribution in [0.3, 0.4) is 0 Å². The highest BCUT2D eigenvalue weighted by Crippen LogP contribution is 2.36. The lowest BCUT2D eigenvalue weighted by atomic mass is 9.86. The highest BCUT2D eigenvalue weighted by atomic mass is 79.9. The summed E-state index contributed by atoms with van der Waals surface area (Å²) in [5.74, 6) is 0.712. The molecule has 0 bridgehead atoms. The minimum absolute atomic E-state index is 0.550. The zero-order valence-corrected chi connectivity index (χ0v) is 12.9. The number of aromatic nitrogens is 2. The molecule has 1 fully saturated rings. The molecule has 0 radical (unpaired) electrons. The van der Waals surface area contributed by atoms with Gasteiger partial charge in [-0.25, -0.2) is 0 Å². The molecule has 96 valence electrons. The Balaban J connectivity index is 2.18. The number of halogens is 1. The number of imidazole rings is 1. The molecule has 1 heterocycles. The molecule has 4 heteroatoms. The Kier molecular flexibility index (Phi) is 3.32. The molecule has 0 saturated heterocycles. The van der Waals surface area contributed by atoms with E-state index in [0.717, 1.165) is 14.8 Å². The van der Waals surface area contributed by atoms with Crippen LogP contribution in [0.1, 0.15) is 38.6 Å². The maximum absolute atomic E-state index is 5.52. The third kappa shape index (κ3) is 2.05. The van der Waals surface area contributed by atoms with Gasteiger partial charge in [0.05, 0.1) is 11.0 Å². The van der Waals surface area contributed by atoms with Gasteiger partial charge in [-0.3, -0.25) is 0 Å². The maximum atomic E-state index is 5.52. The summed E-state index contributed by atoms with van der Waals surface area (Å²) in [6, 6.07) is 6.87. The summed E-state index contributed by atoms with van der Waals surface area (Å²) in [5.41, 5.74) is 2.37. The van der Waals surface area contributed by atoms with Crippen LogP contribution in [-0.2, 0) is 0 Å². The van der Waals surface area contributed by atoms with Crippen LogP contribution < -0.4 is 0 Å². The summed E-state index contributed by atoms with van der Waals surface area (Å²) in [6.07, 6.45) is 5.23. The van der Waals surface area contributed by atoms with Crippen LogP contribution in [0, 0.1) is 10.7 Å². The zero-order chi connectivity index (χ0) is 12.7. The van der Waals surface area contributed by atoms with Gasteiger partial charge in [-0.15, -0.1) is 0 Å². The number of hydrogen-bond donors (Lipinski definition) is 1. The van der Waals surface area contributed by atoms with E-state index in [1.165, 1.54) is 31.2 Å². The standard InChI is InChI=1S/C14H17BrN2S/c1-9-4-2-3-5-12(9)17-13-8-10(15)6-7-11(13)16-14(17)18/h6-9,12H,2-5H2,1H3,(H,16,18). The van der Waals surface area contributed by atoms with Crippen molar-refractivity contribution in [2.75, 3.05) is 0 Å². The number of rotatable bonds is 1. The second-order valence-corrected chi connectivity index (χ2v) is 6.59. The molecule has 18 heavy (non-hydrogen) atoms. The number of nitrogens with one attached hydrogen (secondary N) is 1. The Morgan fingerprint density at radius 3 is 2.89 bits per heavy atom. The predicted molar refractivity (Wildman–Crippen MR) is 81.5 cm³/mol. The molecule has 0 spiro atoms. The Labute approximate surface area is 121 Å². The molecule has 3 rings (SSSR count). The molecular weight excluding hydrogens is 308 g/mol. The predicted octanol–water partition coefficient (Wildman–Crippen LogP) is 5.21. The molecular formula is C14H17BrN2S. The van der Waals surface area contributed by atoms with E-state index in [4.69, 9.17) is 12.2 Å². The fourth-order valence-corrected chi connectivity index (χ4v) is 3.80. The highest BCUT2D eigenvalue weighted by molar-refractivity contribution is 9.10. The van der Waals surface area contributed by atoms with Gasteiger partial charge >= 0.3 is 0 Å². The smallest absolute Gasteiger partial charge is 0.178 e. The van der Waals surface area contributed by atoms with Crippen molar-refractivity contribution in [3.05, 3.63) is 27.4 Å². The van der Waals surface area contributed by atoms with E-state index in [1.807, 2.05) is 0 Å². The lowest BCUT2D eigenvalue weighted by molar-refractivity contribution is 0.260. The second kappa shape index (κ2) is 4.82. The van der Waals surface area contributed by atoms with Crippen molar-refractivity contribution in [3.8, 4) is 0 Å². The highest BCUT2D eigenvalue weighted by Gasteiger charge is 2.24. The van der Waals surface area contributed by atoms with E-state index in [-0.39, 0.29) is 0 Å². The SMILES string of the molecule is CC1CCCCC1n1c(=S)[nH]c2ccc(Br)cc21. The molecule has 1 saturated carbocycles. The van der Waals surface area contributed by atoms with Crippen molar-refractivity contribution in [1.29, 1.82) is 0 Å². The average molecular weight is 325 g/mol. The molecule has 1 aromatic carbocycles. The summed E-state index contributed by atoms with van der Waals surface area (Å²) in [6.45, 7) is 2.35. The van der Waals surface area contributed by atoms with Gasteiger partial charge in [-0.05, 0) is 49.2 Å². The molecule has 1 aromatic heterocycles. The first-order valence-corrected chi connectivity index (χ1v) is 7.76. The molecule has 2 aromatic rings. The molecule has 1 N–H and O–H groups in total. The van der Waals surface area contributed by atoms with Crippen LogP contribution in [0.2, 0.25) is 0 Å². The number of nitrogens with zero attached hydrogens (tertiary/aromatic N) is 1. The van der Waals surface area contributed by atoms with Crippen LogP contribution in [0.4, 0.5) is 0 Å². The van der Waals surface area contributed by atoms with E-state index in [9.17, 15) is 0 Å². The maximum Gasteiger partial charge on any atom is 0.178 e. The second-order valence-electron chi connectivity index (χ2n) is 5.29. The number of benzene rings is 1. The monoisotopic (exact) mass is 324 g/mol. The number of fused-ring (bicyclic) bond motifs is 1. The van der Waals surface area contributed by atoms with Crippen LogP contribution in [0.15, 0.2) is 22.7 Å². The van der Waals surface area contributed by atoms with E-state index in [2.05, 4.69) is 50.6 Å². The van der Waals surface area contributed by atoms with Gasteiger partial charge in [-0.2, -0.15) is 0 Å². The number of aromatic amines is 1. The van der Waals surface area contributed by atoms with Crippen LogP contribution >= 0.6 is 28.1 Å². The van der Waals surface area contributed by atoms with Crippen molar-refractivity contribution in [1.82, 2.24) is 9.55 Å². The molecule has 1 aliphatic rings. The lowest BCUT2D eigenvalue weighted by Crippen LogP contribution is -2.21. The molecule has 1 aliphatic carbocycles. The molecule has 2 unspecified atom stereocenters. The third-order valence-corrected chi connectivity index (χ3v) is 4.87. The Morgan fingerprint density at radius 2 is 2.11 bits per heavy atom. The Bertz CT molecular complexity index is 628. The van der Waals surface area contributed by atoms with Gasteiger partial charge in [0.2, 0.25) is 0 Å². The van der Waals surface area contributed by atoms with Gasteiger partial charge in [0.15, 0.2) is 4.77 Å². The van der Waals surface area contributed by atoms with E-state index in [1.54, 1.807) is 0 Å². The largest absolute Gasteiger partial charge is 0.331 e. The van der Waals surface area contributed by atoms with Gasteiger partial charge in [0, 0.05) is 10.5 Å². The zero-order valence-electron chi connectivity index (χ0n) is 10.4. The van der Waals surface area contributed by atoms with Gasteiger partial charge in [0.25, 0.3) is 0 Å². The van der Waals surface area contributed by atoms with Crippen molar-refractivity contribution in [2.45, 2.75) is 38.6 Å². The van der Waals surface area contributed by atoms with Crippen molar-refractivity contribution in [3.63, 3.8) is 0 Å². The van der Waals surface area contributed by atoms with Crippen molar-refractivity contribution in [2.24, 2.45) is 5.92 Å². The van der Waals surface area contributed by atoms with Gasteiger partial charge in [-0.1, -0.05) is 35.7 Å². The summed E-state index contributed by atoms with van der Waals surface area (Å²) >= 11 is 9.08.